The predicted molar refractivity (Wildman–Crippen MR) is 145 cm³/mol. The van der Waals surface area contributed by atoms with Crippen molar-refractivity contribution in [2.45, 2.75) is 70.2 Å². The summed E-state index contributed by atoms with van der Waals surface area (Å²) in [6, 6.07) is 7.10. The highest BCUT2D eigenvalue weighted by Gasteiger charge is 2.46. The molecule has 4 aliphatic heterocycles. The molecule has 38 heavy (non-hydrogen) atoms. The van der Waals surface area contributed by atoms with E-state index in [2.05, 4.69) is 22.5 Å². The lowest BCUT2D eigenvalue weighted by Gasteiger charge is -2.51. The van der Waals surface area contributed by atoms with E-state index in [0.29, 0.717) is 24.8 Å². The molecule has 2 bridgehead atoms. The van der Waals surface area contributed by atoms with E-state index in [1.54, 1.807) is 13.3 Å². The van der Waals surface area contributed by atoms with Crippen LogP contribution in [0.5, 0.6) is 5.75 Å². The lowest BCUT2D eigenvalue weighted by Crippen LogP contribution is -2.56. The monoisotopic (exact) mass is 521 g/mol. The van der Waals surface area contributed by atoms with Crippen molar-refractivity contribution in [3.05, 3.63) is 48.7 Å². The van der Waals surface area contributed by atoms with Gasteiger partial charge in [-0.1, -0.05) is 6.08 Å². The van der Waals surface area contributed by atoms with E-state index in [1.807, 2.05) is 45.0 Å². The molecule has 8 heteroatoms. The summed E-state index contributed by atoms with van der Waals surface area (Å²) in [7, 11) is 1.64. The molecule has 1 aromatic carbocycles. The molecule has 8 nitrogen and oxygen atoms in total. The maximum absolute atomic E-state index is 13.8. The number of hydrogen-bond acceptors (Lipinski definition) is 7. The third-order valence-electron chi connectivity index (χ3n) is 8.19. The van der Waals surface area contributed by atoms with Gasteiger partial charge in [-0.2, -0.15) is 0 Å². The van der Waals surface area contributed by atoms with Crippen LogP contribution in [0.15, 0.2) is 43.1 Å². The minimum atomic E-state index is -0.660. The molecule has 1 aromatic heterocycles. The minimum Gasteiger partial charge on any atom is -0.497 e. The smallest absolute Gasteiger partial charge is 0.411 e. The lowest BCUT2D eigenvalue weighted by atomic mass is 9.73. The van der Waals surface area contributed by atoms with Gasteiger partial charge in [0.1, 0.15) is 23.5 Å². The Labute approximate surface area is 224 Å². The molecular weight excluding hydrogens is 482 g/mol. The molecule has 4 fully saturated rings. The molecule has 2 aromatic rings. The van der Waals surface area contributed by atoms with Crippen molar-refractivity contribution in [1.29, 1.82) is 0 Å². The number of methoxy groups -OCH3 is 1. The Balaban J connectivity index is 1.48. The maximum atomic E-state index is 13.8. The number of fused-ring (bicyclic) bond motifs is 4. The van der Waals surface area contributed by atoms with Gasteiger partial charge in [0.05, 0.1) is 18.7 Å². The summed E-state index contributed by atoms with van der Waals surface area (Å²) < 4.78 is 17.6. The average Bonchev–Trinajstić information content (AvgIpc) is 3.41. The zero-order valence-electron chi connectivity index (χ0n) is 22.9. The number of esters is 1. The first kappa shape index (κ1) is 26.5. The molecule has 6 atom stereocenters. The van der Waals surface area contributed by atoms with Crippen molar-refractivity contribution in [3.8, 4) is 5.75 Å². The summed E-state index contributed by atoms with van der Waals surface area (Å²) >= 11 is 0. The van der Waals surface area contributed by atoms with Gasteiger partial charge in [-0.05, 0) is 89.1 Å². The first-order valence-corrected chi connectivity index (χ1v) is 13.7. The number of likely N-dealkylation sites (tertiary alicyclic amines) is 1. The molecule has 0 radical (unpaired) electrons. The highest BCUT2D eigenvalue weighted by molar-refractivity contribution is 5.85. The van der Waals surface area contributed by atoms with Crippen LogP contribution in [0.1, 0.15) is 58.1 Å². The Hall–Kier alpha value is -3.13. The van der Waals surface area contributed by atoms with Gasteiger partial charge in [0.25, 0.3) is 0 Å². The van der Waals surface area contributed by atoms with E-state index in [-0.39, 0.29) is 12.0 Å². The average molecular weight is 522 g/mol. The van der Waals surface area contributed by atoms with Gasteiger partial charge in [0.15, 0.2) is 0 Å². The maximum Gasteiger partial charge on any atom is 0.411 e. The Kier molecular flexibility index (Phi) is 7.36. The van der Waals surface area contributed by atoms with Crippen LogP contribution in [0, 0.1) is 11.8 Å². The zero-order valence-corrected chi connectivity index (χ0v) is 22.9. The second kappa shape index (κ2) is 10.6. The van der Waals surface area contributed by atoms with E-state index in [1.165, 1.54) is 4.90 Å². The van der Waals surface area contributed by atoms with Gasteiger partial charge >= 0.3 is 12.1 Å². The topological polar surface area (TPSA) is 81.2 Å². The number of amides is 1. The molecule has 204 valence electrons. The molecule has 0 N–H and O–H groups in total. The van der Waals surface area contributed by atoms with Crippen molar-refractivity contribution in [2.75, 3.05) is 26.7 Å². The first-order chi connectivity index (χ1) is 18.2. The van der Waals surface area contributed by atoms with Crippen LogP contribution in [0.25, 0.3) is 10.9 Å². The molecule has 0 aliphatic carbocycles. The van der Waals surface area contributed by atoms with Crippen LogP contribution < -0.4 is 4.74 Å². The normalized spacial score (nSPS) is 27.7. The number of ether oxygens (including phenoxy) is 3. The van der Waals surface area contributed by atoms with Crippen molar-refractivity contribution < 1.29 is 23.8 Å². The Morgan fingerprint density at radius 2 is 2.00 bits per heavy atom. The summed E-state index contributed by atoms with van der Waals surface area (Å²) in [6.07, 6.45) is 6.20. The first-order valence-electron chi connectivity index (χ1n) is 13.7. The third-order valence-corrected chi connectivity index (χ3v) is 8.19. The van der Waals surface area contributed by atoms with Gasteiger partial charge in [-0.15, -0.1) is 6.58 Å². The van der Waals surface area contributed by atoms with Gasteiger partial charge in [-0.3, -0.25) is 14.8 Å². The summed E-state index contributed by atoms with van der Waals surface area (Å²) in [5.74, 6) is 1.30. The zero-order chi connectivity index (χ0) is 27.0. The SMILES string of the molecule is C=CC1CN2CCC1C[C@H]2C(OC(=O)[C@H]1CCCN1C(=O)OC(C)(C)C)c1ccnc2ccc(OC)cc12. The molecule has 1 amide bonds. The number of rotatable bonds is 6. The molecule has 4 saturated heterocycles. The number of carbonyl (C=O) groups is 2. The number of benzene rings is 1. The van der Waals surface area contributed by atoms with Gasteiger partial charge < -0.3 is 14.2 Å². The number of pyridine rings is 1. The lowest BCUT2D eigenvalue weighted by molar-refractivity contribution is -0.162. The third kappa shape index (κ3) is 5.23. The standard InChI is InChI=1S/C30H39N3O5/c1-6-19-18-32-15-12-20(19)16-26(32)27(22-11-13-31-24-10-9-21(36-5)17-23(22)24)37-28(34)25-8-7-14-33(25)29(35)38-30(2,3)4/h6,9-11,13,17,19-20,25-27H,1,7-8,12,14-16,18H2,2-5H3/t19?,20?,25-,26+,27?/m1/s1. The molecule has 0 saturated carbocycles. The van der Waals surface area contributed by atoms with Crippen LogP contribution in [0.2, 0.25) is 0 Å². The van der Waals surface area contributed by atoms with Crippen LogP contribution >= 0.6 is 0 Å². The highest BCUT2D eigenvalue weighted by Crippen LogP contribution is 2.44. The van der Waals surface area contributed by atoms with Crippen molar-refractivity contribution >= 4 is 23.0 Å². The molecule has 5 heterocycles. The van der Waals surface area contributed by atoms with Gasteiger partial charge in [0.2, 0.25) is 0 Å². The number of hydrogen-bond donors (Lipinski definition) is 0. The molecule has 0 spiro atoms. The number of carbonyl (C=O) groups excluding carboxylic acids is 2. The highest BCUT2D eigenvalue weighted by atomic mass is 16.6. The quantitative estimate of drug-likeness (QED) is 0.385. The number of aromatic nitrogens is 1. The van der Waals surface area contributed by atoms with Crippen LogP contribution in [-0.2, 0) is 14.3 Å². The Morgan fingerprint density at radius 1 is 1.18 bits per heavy atom. The fourth-order valence-corrected chi connectivity index (χ4v) is 6.32. The van der Waals surface area contributed by atoms with Crippen LogP contribution in [-0.4, -0.2) is 71.3 Å². The summed E-state index contributed by atoms with van der Waals surface area (Å²) in [6.45, 7) is 11.9. The van der Waals surface area contributed by atoms with Crippen molar-refractivity contribution in [2.24, 2.45) is 11.8 Å². The second-order valence-electron chi connectivity index (χ2n) is 11.7. The van der Waals surface area contributed by atoms with Crippen LogP contribution in [0.4, 0.5) is 4.79 Å². The Bertz CT molecular complexity index is 1210. The summed E-state index contributed by atoms with van der Waals surface area (Å²) in [4.78, 5) is 35.2. The summed E-state index contributed by atoms with van der Waals surface area (Å²) in [5, 5.41) is 0.906. The van der Waals surface area contributed by atoms with E-state index < -0.39 is 23.8 Å². The molecule has 6 rings (SSSR count). The molecular formula is C30H39N3O5. The van der Waals surface area contributed by atoms with Crippen molar-refractivity contribution in [1.82, 2.24) is 14.8 Å². The fourth-order valence-electron chi connectivity index (χ4n) is 6.32. The molecule has 4 aliphatic rings. The van der Waals surface area contributed by atoms with E-state index in [9.17, 15) is 9.59 Å². The summed E-state index contributed by atoms with van der Waals surface area (Å²) in [5.41, 5.74) is 1.10. The van der Waals surface area contributed by atoms with Crippen LogP contribution in [0.3, 0.4) is 0 Å². The fraction of sp³-hybridized carbons (Fsp3) is 0.567. The largest absolute Gasteiger partial charge is 0.497 e. The van der Waals surface area contributed by atoms with Crippen molar-refractivity contribution in [3.63, 3.8) is 0 Å². The Morgan fingerprint density at radius 3 is 2.68 bits per heavy atom. The van der Waals surface area contributed by atoms with Gasteiger partial charge in [0, 0.05) is 30.2 Å². The molecule has 4 unspecified atom stereocenters. The van der Waals surface area contributed by atoms with E-state index in [0.717, 1.165) is 54.6 Å². The van der Waals surface area contributed by atoms with E-state index in [4.69, 9.17) is 14.2 Å². The minimum absolute atomic E-state index is 0.0297. The number of piperidine rings is 3. The number of nitrogens with zero attached hydrogens (tertiary/aromatic N) is 3. The predicted octanol–water partition coefficient (Wildman–Crippen LogP) is 5.12. The second-order valence-corrected chi connectivity index (χ2v) is 11.7. The van der Waals surface area contributed by atoms with Gasteiger partial charge in [-0.25, -0.2) is 9.59 Å². The van der Waals surface area contributed by atoms with E-state index >= 15 is 0 Å².